The average molecular weight is 228 g/mol. The minimum atomic E-state index is -0.255. The number of hydrogen-bond donors (Lipinski definition) is 2. The van der Waals surface area contributed by atoms with E-state index >= 15 is 0 Å². The van der Waals surface area contributed by atoms with Gasteiger partial charge < -0.3 is 15.3 Å². The van der Waals surface area contributed by atoms with Gasteiger partial charge in [0.25, 0.3) is 0 Å². The predicted molar refractivity (Wildman–Crippen MR) is 59.7 cm³/mol. The summed E-state index contributed by atoms with van der Waals surface area (Å²) in [5.41, 5.74) is 0. The van der Waals surface area contributed by atoms with Gasteiger partial charge >= 0.3 is 0 Å². The van der Waals surface area contributed by atoms with E-state index in [4.69, 9.17) is 5.11 Å². The number of carbonyl (C=O) groups excluding carboxylic acids is 2. The largest absolute Gasteiger partial charge is 0.394 e. The van der Waals surface area contributed by atoms with E-state index in [0.717, 1.165) is 19.3 Å². The zero-order chi connectivity index (χ0) is 12.0. The fourth-order valence-electron chi connectivity index (χ4n) is 1.75. The highest BCUT2D eigenvalue weighted by Gasteiger charge is 2.19. The van der Waals surface area contributed by atoms with E-state index in [1.165, 1.54) is 0 Å². The quantitative estimate of drug-likeness (QED) is 0.705. The van der Waals surface area contributed by atoms with Gasteiger partial charge in [0.2, 0.25) is 11.8 Å². The molecular formula is C11H20N2O3. The monoisotopic (exact) mass is 228 g/mol. The summed E-state index contributed by atoms with van der Waals surface area (Å²) in [7, 11) is 0. The molecule has 0 bridgehead atoms. The third-order valence-corrected chi connectivity index (χ3v) is 2.69. The van der Waals surface area contributed by atoms with Crippen molar-refractivity contribution in [3.8, 4) is 0 Å². The molecule has 1 rings (SSSR count). The maximum atomic E-state index is 11.6. The topological polar surface area (TPSA) is 69.6 Å². The van der Waals surface area contributed by atoms with Crippen molar-refractivity contribution in [3.63, 3.8) is 0 Å². The molecule has 0 aromatic carbocycles. The van der Waals surface area contributed by atoms with Crippen LogP contribution in [-0.2, 0) is 9.59 Å². The lowest BCUT2D eigenvalue weighted by Gasteiger charge is -2.21. The summed E-state index contributed by atoms with van der Waals surface area (Å²) in [6.07, 6.45) is 3.48. The van der Waals surface area contributed by atoms with Crippen molar-refractivity contribution in [1.82, 2.24) is 10.2 Å². The molecule has 1 saturated heterocycles. The molecule has 2 amide bonds. The molecule has 0 aromatic heterocycles. The molecule has 0 unspecified atom stereocenters. The molecule has 0 spiro atoms. The van der Waals surface area contributed by atoms with Gasteiger partial charge in [0.1, 0.15) is 0 Å². The summed E-state index contributed by atoms with van der Waals surface area (Å²) < 4.78 is 0. The summed E-state index contributed by atoms with van der Waals surface area (Å²) in [5, 5.41) is 11.4. The van der Waals surface area contributed by atoms with E-state index in [1.54, 1.807) is 11.8 Å². The third-order valence-electron chi connectivity index (χ3n) is 2.69. The molecule has 1 heterocycles. The standard InChI is InChI=1S/C11H20N2O3/c1-9(8-14)12-10(15)7-13-6-4-2-3-5-11(13)16/h9,14H,2-8H2,1H3,(H,12,15)/t9-/m1/s1. The third kappa shape index (κ3) is 4.18. The number of nitrogens with zero attached hydrogens (tertiary/aromatic N) is 1. The molecular weight excluding hydrogens is 208 g/mol. The van der Waals surface area contributed by atoms with Crippen LogP contribution in [-0.4, -0.2) is 47.6 Å². The Morgan fingerprint density at radius 2 is 2.25 bits per heavy atom. The molecule has 0 radical (unpaired) electrons. The number of aliphatic hydroxyl groups is 1. The maximum absolute atomic E-state index is 11.6. The van der Waals surface area contributed by atoms with Crippen molar-refractivity contribution in [1.29, 1.82) is 0 Å². The van der Waals surface area contributed by atoms with Crippen LogP contribution in [0, 0.1) is 0 Å². The van der Waals surface area contributed by atoms with Crippen LogP contribution in [0.2, 0.25) is 0 Å². The van der Waals surface area contributed by atoms with Crippen molar-refractivity contribution >= 4 is 11.8 Å². The summed E-state index contributed by atoms with van der Waals surface area (Å²) in [6, 6.07) is -0.255. The molecule has 1 fully saturated rings. The first-order valence-electron chi connectivity index (χ1n) is 5.81. The van der Waals surface area contributed by atoms with Crippen LogP contribution in [0.25, 0.3) is 0 Å². The fraction of sp³-hybridized carbons (Fsp3) is 0.818. The molecule has 0 aliphatic carbocycles. The van der Waals surface area contributed by atoms with E-state index < -0.39 is 0 Å². The molecule has 92 valence electrons. The van der Waals surface area contributed by atoms with Gasteiger partial charge in [-0.15, -0.1) is 0 Å². The highest BCUT2D eigenvalue weighted by Crippen LogP contribution is 2.10. The zero-order valence-corrected chi connectivity index (χ0v) is 9.74. The normalized spacial score (nSPS) is 19.1. The molecule has 0 aromatic rings. The fourth-order valence-corrected chi connectivity index (χ4v) is 1.75. The van der Waals surface area contributed by atoms with Crippen LogP contribution >= 0.6 is 0 Å². The van der Waals surface area contributed by atoms with Crippen LogP contribution in [0.4, 0.5) is 0 Å². The Labute approximate surface area is 95.8 Å². The Hall–Kier alpha value is -1.10. The van der Waals surface area contributed by atoms with Crippen LogP contribution in [0.15, 0.2) is 0 Å². The van der Waals surface area contributed by atoms with E-state index in [2.05, 4.69) is 5.32 Å². The van der Waals surface area contributed by atoms with E-state index in [9.17, 15) is 9.59 Å². The lowest BCUT2D eigenvalue weighted by Crippen LogP contribution is -2.44. The Morgan fingerprint density at radius 1 is 1.50 bits per heavy atom. The second-order valence-electron chi connectivity index (χ2n) is 4.28. The van der Waals surface area contributed by atoms with Gasteiger partial charge in [-0.1, -0.05) is 6.42 Å². The Balaban J connectivity index is 2.39. The molecule has 5 nitrogen and oxygen atoms in total. The Kier molecular flexibility index (Phi) is 5.25. The highest BCUT2D eigenvalue weighted by atomic mass is 16.3. The van der Waals surface area contributed by atoms with E-state index in [-0.39, 0.29) is 31.0 Å². The predicted octanol–water partition coefficient (Wildman–Crippen LogP) is -0.114. The first kappa shape index (κ1) is 13.0. The molecule has 5 heteroatoms. The summed E-state index contributed by atoms with van der Waals surface area (Å²) in [4.78, 5) is 24.7. The lowest BCUT2D eigenvalue weighted by atomic mass is 10.2. The molecule has 0 saturated carbocycles. The number of aliphatic hydroxyl groups excluding tert-OH is 1. The molecule has 1 aliphatic rings. The van der Waals surface area contributed by atoms with Gasteiger partial charge in [-0.05, 0) is 19.8 Å². The van der Waals surface area contributed by atoms with Crippen molar-refractivity contribution in [2.75, 3.05) is 19.7 Å². The van der Waals surface area contributed by atoms with Gasteiger partial charge in [0.15, 0.2) is 0 Å². The van der Waals surface area contributed by atoms with Gasteiger partial charge in [-0.25, -0.2) is 0 Å². The van der Waals surface area contributed by atoms with Crippen LogP contribution in [0.1, 0.15) is 32.6 Å². The number of carbonyl (C=O) groups is 2. The number of likely N-dealkylation sites (tertiary alicyclic amines) is 1. The second kappa shape index (κ2) is 6.48. The molecule has 16 heavy (non-hydrogen) atoms. The van der Waals surface area contributed by atoms with E-state index in [0.29, 0.717) is 13.0 Å². The number of rotatable bonds is 4. The molecule has 2 N–H and O–H groups in total. The zero-order valence-electron chi connectivity index (χ0n) is 9.74. The Morgan fingerprint density at radius 3 is 2.94 bits per heavy atom. The maximum Gasteiger partial charge on any atom is 0.239 e. The minimum Gasteiger partial charge on any atom is -0.394 e. The molecule has 1 atom stereocenters. The first-order chi connectivity index (χ1) is 7.63. The number of hydrogen-bond acceptors (Lipinski definition) is 3. The van der Waals surface area contributed by atoms with E-state index in [1.807, 2.05) is 0 Å². The van der Waals surface area contributed by atoms with Gasteiger partial charge in [-0.2, -0.15) is 0 Å². The van der Waals surface area contributed by atoms with Crippen molar-refractivity contribution < 1.29 is 14.7 Å². The summed E-state index contributed by atoms with van der Waals surface area (Å²) in [5.74, 6) is -0.138. The van der Waals surface area contributed by atoms with Crippen LogP contribution in [0.3, 0.4) is 0 Å². The molecule has 1 aliphatic heterocycles. The van der Waals surface area contributed by atoms with Crippen molar-refractivity contribution in [2.24, 2.45) is 0 Å². The highest BCUT2D eigenvalue weighted by molar-refractivity contribution is 5.85. The van der Waals surface area contributed by atoms with Crippen LogP contribution in [0.5, 0.6) is 0 Å². The lowest BCUT2D eigenvalue weighted by molar-refractivity contribution is -0.135. The van der Waals surface area contributed by atoms with Crippen molar-refractivity contribution in [3.05, 3.63) is 0 Å². The SMILES string of the molecule is C[C@H](CO)NC(=O)CN1CCCCCC1=O. The first-order valence-corrected chi connectivity index (χ1v) is 5.81. The van der Waals surface area contributed by atoms with Gasteiger partial charge in [-0.3, -0.25) is 9.59 Å². The number of nitrogens with one attached hydrogen (secondary N) is 1. The Bertz CT molecular complexity index is 256. The van der Waals surface area contributed by atoms with Crippen LogP contribution < -0.4 is 5.32 Å². The minimum absolute atomic E-state index is 0.0595. The van der Waals surface area contributed by atoms with Gasteiger partial charge in [0, 0.05) is 19.0 Å². The summed E-state index contributed by atoms with van der Waals surface area (Å²) in [6.45, 7) is 2.42. The summed E-state index contributed by atoms with van der Waals surface area (Å²) >= 11 is 0. The van der Waals surface area contributed by atoms with Gasteiger partial charge in [0.05, 0.1) is 13.2 Å². The number of amides is 2. The smallest absolute Gasteiger partial charge is 0.239 e. The van der Waals surface area contributed by atoms with Crippen molar-refractivity contribution in [2.45, 2.75) is 38.6 Å². The average Bonchev–Trinajstić information content (AvgIpc) is 2.44. The second-order valence-corrected chi connectivity index (χ2v) is 4.28.